The topological polar surface area (TPSA) is 15.8 Å². The Bertz CT molecular complexity index is 351. The second-order valence-electron chi connectivity index (χ2n) is 2.21. The van der Waals surface area contributed by atoms with Crippen molar-refractivity contribution < 1.29 is 0 Å². The lowest BCUT2D eigenvalue weighted by Gasteiger charge is -1.89. The third kappa shape index (κ3) is 0.923. The van der Waals surface area contributed by atoms with Gasteiger partial charge in [0.1, 0.15) is 0 Å². The zero-order valence-corrected chi connectivity index (χ0v) is 7.42. The van der Waals surface area contributed by atoms with Crippen LogP contribution in [0.2, 0.25) is 0 Å². The first-order valence-electron chi connectivity index (χ1n) is 3.09. The number of fused-ring (bicyclic) bond motifs is 1. The van der Waals surface area contributed by atoms with Gasteiger partial charge in [-0.15, -0.1) is 0 Å². The molecule has 1 heterocycles. The van der Waals surface area contributed by atoms with Gasteiger partial charge in [0.2, 0.25) is 0 Å². The fourth-order valence-corrected chi connectivity index (χ4v) is 1.51. The van der Waals surface area contributed by atoms with Crippen LogP contribution in [0, 0.1) is 3.57 Å². The number of hydrogen-bond donors (Lipinski definition) is 1. The van der Waals surface area contributed by atoms with E-state index >= 15 is 0 Å². The van der Waals surface area contributed by atoms with Crippen LogP contribution >= 0.6 is 22.6 Å². The van der Waals surface area contributed by atoms with Crippen LogP contribution in [-0.4, -0.2) is 4.98 Å². The zero-order chi connectivity index (χ0) is 6.97. The molecule has 1 aromatic heterocycles. The van der Waals surface area contributed by atoms with Crippen LogP contribution in [0.3, 0.4) is 0 Å². The third-order valence-corrected chi connectivity index (χ3v) is 2.19. The molecule has 1 aromatic carbocycles. The summed E-state index contributed by atoms with van der Waals surface area (Å²) in [7, 11) is 0. The van der Waals surface area contributed by atoms with E-state index in [9.17, 15) is 0 Å². The molecule has 0 saturated heterocycles. The van der Waals surface area contributed by atoms with Crippen molar-refractivity contribution in [2.24, 2.45) is 0 Å². The number of rotatable bonds is 0. The molecule has 1 nitrogen and oxygen atoms in total. The van der Waals surface area contributed by atoms with E-state index in [2.05, 4.69) is 51.8 Å². The Balaban J connectivity index is 2.86. The largest absolute Gasteiger partial charge is 0.361 e. The first kappa shape index (κ1) is 6.22. The molecule has 0 aliphatic heterocycles. The SMILES string of the molecule is Ic1ccc2cc[nH]c2c1. The fourth-order valence-electron chi connectivity index (χ4n) is 1.02. The molecular formula is C8H6IN. The Hall–Kier alpha value is -0.510. The second kappa shape index (κ2) is 2.27. The van der Waals surface area contributed by atoms with Gasteiger partial charge in [-0.05, 0) is 46.2 Å². The molecule has 0 saturated carbocycles. The van der Waals surface area contributed by atoms with Crippen molar-refractivity contribution in [1.29, 1.82) is 0 Å². The second-order valence-corrected chi connectivity index (χ2v) is 3.45. The molecule has 0 atom stereocenters. The van der Waals surface area contributed by atoms with Crippen LogP contribution < -0.4 is 0 Å². The van der Waals surface area contributed by atoms with Gasteiger partial charge in [-0.1, -0.05) is 6.07 Å². The average Bonchev–Trinajstić information content (AvgIpc) is 2.33. The van der Waals surface area contributed by atoms with Crippen molar-refractivity contribution in [1.82, 2.24) is 4.98 Å². The maximum atomic E-state index is 3.16. The van der Waals surface area contributed by atoms with Crippen LogP contribution in [0.1, 0.15) is 0 Å². The van der Waals surface area contributed by atoms with E-state index in [0.29, 0.717) is 0 Å². The van der Waals surface area contributed by atoms with Gasteiger partial charge in [0.05, 0.1) is 0 Å². The zero-order valence-electron chi connectivity index (χ0n) is 5.26. The normalized spacial score (nSPS) is 10.5. The lowest BCUT2D eigenvalue weighted by molar-refractivity contribution is 1.47. The summed E-state index contributed by atoms with van der Waals surface area (Å²) >= 11 is 2.31. The molecule has 0 radical (unpaired) electrons. The highest BCUT2D eigenvalue weighted by atomic mass is 127. The molecule has 50 valence electrons. The summed E-state index contributed by atoms with van der Waals surface area (Å²) in [6, 6.07) is 8.44. The highest BCUT2D eigenvalue weighted by Crippen LogP contribution is 2.14. The number of aromatic nitrogens is 1. The van der Waals surface area contributed by atoms with Crippen LogP contribution in [0.25, 0.3) is 10.9 Å². The Morgan fingerprint density at radius 1 is 1.20 bits per heavy atom. The average molecular weight is 243 g/mol. The van der Waals surface area contributed by atoms with Crippen LogP contribution in [-0.2, 0) is 0 Å². The summed E-state index contributed by atoms with van der Waals surface area (Å²) in [5.74, 6) is 0. The van der Waals surface area contributed by atoms with E-state index < -0.39 is 0 Å². The van der Waals surface area contributed by atoms with Gasteiger partial charge in [0, 0.05) is 15.3 Å². The van der Waals surface area contributed by atoms with Crippen LogP contribution in [0.5, 0.6) is 0 Å². The van der Waals surface area contributed by atoms with Crippen molar-refractivity contribution in [2.45, 2.75) is 0 Å². The molecule has 0 aliphatic rings. The lowest BCUT2D eigenvalue weighted by atomic mass is 10.3. The molecule has 0 spiro atoms. The first-order chi connectivity index (χ1) is 4.86. The van der Waals surface area contributed by atoms with Crippen molar-refractivity contribution in [3.8, 4) is 0 Å². The summed E-state index contributed by atoms with van der Waals surface area (Å²) < 4.78 is 1.27. The summed E-state index contributed by atoms with van der Waals surface area (Å²) in [6.07, 6.45) is 1.96. The van der Waals surface area contributed by atoms with Gasteiger partial charge in [0.15, 0.2) is 0 Å². The molecule has 1 N–H and O–H groups in total. The summed E-state index contributed by atoms with van der Waals surface area (Å²) in [5, 5.41) is 1.28. The van der Waals surface area contributed by atoms with E-state index in [1.165, 1.54) is 14.5 Å². The molecule has 0 unspecified atom stereocenters. The minimum atomic E-state index is 1.21. The molecule has 2 aromatic rings. The standard InChI is InChI=1S/C8H6IN/c9-7-2-1-6-3-4-10-8(6)5-7/h1-5,10H. The smallest absolute Gasteiger partial charge is 0.0464 e. The van der Waals surface area contributed by atoms with Crippen LogP contribution in [0.4, 0.5) is 0 Å². The molecule has 2 heteroatoms. The van der Waals surface area contributed by atoms with E-state index in [0.717, 1.165) is 0 Å². The molecule has 2 rings (SSSR count). The van der Waals surface area contributed by atoms with E-state index in [1.54, 1.807) is 0 Å². The predicted molar refractivity (Wildman–Crippen MR) is 51.0 cm³/mol. The molecule has 0 aliphatic carbocycles. The molecule has 0 fully saturated rings. The highest BCUT2D eigenvalue weighted by Gasteiger charge is 1.91. The Morgan fingerprint density at radius 3 is 3.00 bits per heavy atom. The summed E-state index contributed by atoms with van der Waals surface area (Å²) in [5.41, 5.74) is 1.21. The van der Waals surface area contributed by atoms with Crippen molar-refractivity contribution in [3.05, 3.63) is 34.0 Å². The monoisotopic (exact) mass is 243 g/mol. The Labute approximate surface area is 72.6 Å². The van der Waals surface area contributed by atoms with Gasteiger partial charge in [-0.25, -0.2) is 0 Å². The molecule has 0 bridgehead atoms. The summed E-state index contributed by atoms with van der Waals surface area (Å²) in [6.45, 7) is 0. The number of aromatic amines is 1. The van der Waals surface area contributed by atoms with E-state index in [4.69, 9.17) is 0 Å². The van der Waals surface area contributed by atoms with Gasteiger partial charge in [-0.3, -0.25) is 0 Å². The molecular weight excluding hydrogens is 237 g/mol. The maximum Gasteiger partial charge on any atom is 0.0464 e. The third-order valence-electron chi connectivity index (χ3n) is 1.52. The number of benzene rings is 1. The van der Waals surface area contributed by atoms with Gasteiger partial charge in [-0.2, -0.15) is 0 Å². The van der Waals surface area contributed by atoms with Crippen molar-refractivity contribution >= 4 is 33.5 Å². The first-order valence-corrected chi connectivity index (χ1v) is 4.17. The Kier molecular flexibility index (Phi) is 1.41. The van der Waals surface area contributed by atoms with Crippen molar-refractivity contribution in [2.75, 3.05) is 0 Å². The summed E-state index contributed by atoms with van der Waals surface area (Å²) in [4.78, 5) is 3.16. The van der Waals surface area contributed by atoms with E-state index in [1.807, 2.05) is 6.20 Å². The minimum absolute atomic E-state index is 1.21. The quantitative estimate of drug-likeness (QED) is 0.685. The predicted octanol–water partition coefficient (Wildman–Crippen LogP) is 2.77. The number of nitrogens with one attached hydrogen (secondary N) is 1. The fraction of sp³-hybridized carbons (Fsp3) is 0. The Morgan fingerprint density at radius 2 is 2.10 bits per heavy atom. The maximum absolute atomic E-state index is 3.16. The van der Waals surface area contributed by atoms with E-state index in [-0.39, 0.29) is 0 Å². The minimum Gasteiger partial charge on any atom is -0.361 e. The van der Waals surface area contributed by atoms with Gasteiger partial charge < -0.3 is 4.98 Å². The van der Waals surface area contributed by atoms with Crippen LogP contribution in [0.15, 0.2) is 30.5 Å². The highest BCUT2D eigenvalue weighted by molar-refractivity contribution is 14.1. The van der Waals surface area contributed by atoms with Crippen molar-refractivity contribution in [3.63, 3.8) is 0 Å². The number of hydrogen-bond acceptors (Lipinski definition) is 0. The van der Waals surface area contributed by atoms with Gasteiger partial charge in [0.25, 0.3) is 0 Å². The molecule has 10 heavy (non-hydrogen) atoms. The van der Waals surface area contributed by atoms with Gasteiger partial charge >= 0.3 is 0 Å². The number of H-pyrrole nitrogens is 1. The number of halogens is 1. The molecule has 0 amide bonds. The lowest BCUT2D eigenvalue weighted by Crippen LogP contribution is -1.69.